The number of carbonyl (C=O) groups is 1. The summed E-state index contributed by atoms with van der Waals surface area (Å²) in [4.78, 5) is 17.7. The molecule has 6 heteroatoms. The summed E-state index contributed by atoms with van der Waals surface area (Å²) in [6, 6.07) is 9.98. The molecule has 1 amide bonds. The van der Waals surface area contributed by atoms with Crippen molar-refractivity contribution in [3.63, 3.8) is 0 Å². The van der Waals surface area contributed by atoms with Gasteiger partial charge in [-0.1, -0.05) is 35.5 Å². The van der Waals surface area contributed by atoms with Crippen LogP contribution in [0.5, 0.6) is 0 Å². The number of aryl methyl sites for hydroxylation is 1. The second-order valence-electron chi connectivity index (χ2n) is 5.12. The molecule has 0 fully saturated rings. The summed E-state index contributed by atoms with van der Waals surface area (Å²) >= 11 is 0. The Labute approximate surface area is 130 Å². The zero-order chi connectivity index (χ0) is 15.8. The van der Waals surface area contributed by atoms with Gasteiger partial charge in [-0.25, -0.2) is 0 Å². The molecule has 0 radical (unpaired) electrons. The predicted octanol–water partition coefficient (Wildman–Crippen LogP) is 2.33. The lowest BCUT2D eigenvalue weighted by Gasteiger charge is -2.14. The van der Waals surface area contributed by atoms with E-state index in [4.69, 9.17) is 9.26 Å². The van der Waals surface area contributed by atoms with Gasteiger partial charge in [-0.05, 0) is 12.0 Å². The van der Waals surface area contributed by atoms with Crippen molar-refractivity contribution in [2.45, 2.75) is 32.9 Å². The summed E-state index contributed by atoms with van der Waals surface area (Å²) in [6.45, 7) is 3.23. The van der Waals surface area contributed by atoms with Crippen LogP contribution in [0.15, 0.2) is 34.9 Å². The Morgan fingerprint density at radius 1 is 1.32 bits per heavy atom. The summed E-state index contributed by atoms with van der Waals surface area (Å²) in [7, 11) is 1.73. The van der Waals surface area contributed by atoms with Crippen molar-refractivity contribution in [2.24, 2.45) is 0 Å². The van der Waals surface area contributed by atoms with E-state index >= 15 is 0 Å². The quantitative estimate of drug-likeness (QED) is 0.700. The van der Waals surface area contributed by atoms with E-state index in [-0.39, 0.29) is 5.91 Å². The van der Waals surface area contributed by atoms with Gasteiger partial charge in [0.25, 0.3) is 0 Å². The first-order valence-corrected chi connectivity index (χ1v) is 7.30. The third kappa shape index (κ3) is 5.29. The molecule has 1 aromatic heterocycles. The van der Waals surface area contributed by atoms with Gasteiger partial charge >= 0.3 is 0 Å². The van der Waals surface area contributed by atoms with Gasteiger partial charge in [-0.15, -0.1) is 0 Å². The van der Waals surface area contributed by atoms with Gasteiger partial charge in [0.15, 0.2) is 5.82 Å². The van der Waals surface area contributed by atoms with Crippen molar-refractivity contribution in [1.82, 2.24) is 15.0 Å². The number of ether oxygens (including phenoxy) is 1. The van der Waals surface area contributed by atoms with Gasteiger partial charge in [0.2, 0.25) is 11.8 Å². The van der Waals surface area contributed by atoms with Crippen LogP contribution in [0.3, 0.4) is 0 Å². The highest BCUT2D eigenvalue weighted by Crippen LogP contribution is 2.04. The first-order valence-electron chi connectivity index (χ1n) is 7.30. The molecular weight excluding hydrogens is 282 g/mol. The highest BCUT2D eigenvalue weighted by Gasteiger charge is 2.12. The van der Waals surface area contributed by atoms with Crippen LogP contribution < -0.4 is 0 Å². The van der Waals surface area contributed by atoms with E-state index in [9.17, 15) is 4.79 Å². The highest BCUT2D eigenvalue weighted by molar-refractivity contribution is 5.75. The average Bonchev–Trinajstić information content (AvgIpc) is 2.92. The van der Waals surface area contributed by atoms with E-state index in [1.54, 1.807) is 18.9 Å². The minimum Gasteiger partial charge on any atom is -0.377 e. The molecule has 0 saturated heterocycles. The maximum atomic E-state index is 12.0. The van der Waals surface area contributed by atoms with Crippen molar-refractivity contribution >= 4 is 5.91 Å². The van der Waals surface area contributed by atoms with E-state index in [0.29, 0.717) is 44.3 Å². The van der Waals surface area contributed by atoms with Gasteiger partial charge in [0.05, 0.1) is 13.2 Å². The molecule has 0 aliphatic rings. The van der Waals surface area contributed by atoms with Crippen LogP contribution in [0.1, 0.15) is 30.1 Å². The van der Waals surface area contributed by atoms with Crippen LogP contribution in [-0.2, 0) is 22.7 Å². The zero-order valence-corrected chi connectivity index (χ0v) is 13.0. The standard InChI is InChI=1S/C16H21N3O3/c1-13-17-15(18-22-13)11-19(2)16(20)9-6-10-21-12-14-7-4-3-5-8-14/h3-5,7-8H,6,9-12H2,1-2H3. The van der Waals surface area contributed by atoms with Crippen LogP contribution >= 0.6 is 0 Å². The molecule has 0 bridgehead atoms. The summed E-state index contributed by atoms with van der Waals surface area (Å²) < 4.78 is 10.4. The highest BCUT2D eigenvalue weighted by atomic mass is 16.5. The third-order valence-corrected chi connectivity index (χ3v) is 3.16. The summed E-state index contributed by atoms with van der Waals surface area (Å²) in [5, 5.41) is 3.78. The number of amides is 1. The van der Waals surface area contributed by atoms with Crippen molar-refractivity contribution in [3.05, 3.63) is 47.6 Å². The average molecular weight is 303 g/mol. The lowest BCUT2D eigenvalue weighted by molar-refractivity contribution is -0.130. The van der Waals surface area contributed by atoms with E-state index in [1.165, 1.54) is 0 Å². The molecule has 0 aliphatic heterocycles. The molecule has 0 aliphatic carbocycles. The minimum absolute atomic E-state index is 0.0470. The maximum Gasteiger partial charge on any atom is 0.223 e. The van der Waals surface area contributed by atoms with E-state index in [2.05, 4.69) is 10.1 Å². The lowest BCUT2D eigenvalue weighted by atomic mass is 10.2. The van der Waals surface area contributed by atoms with E-state index in [1.807, 2.05) is 30.3 Å². The SMILES string of the molecule is Cc1nc(CN(C)C(=O)CCCOCc2ccccc2)no1. The maximum absolute atomic E-state index is 12.0. The normalized spacial score (nSPS) is 10.6. The Kier molecular flexibility index (Phi) is 6.09. The van der Waals surface area contributed by atoms with Crippen LogP contribution in [0.2, 0.25) is 0 Å². The first kappa shape index (κ1) is 16.2. The number of aromatic nitrogens is 2. The largest absolute Gasteiger partial charge is 0.377 e. The molecule has 2 aromatic rings. The molecule has 118 valence electrons. The van der Waals surface area contributed by atoms with Crippen molar-refractivity contribution < 1.29 is 14.1 Å². The fourth-order valence-electron chi connectivity index (χ4n) is 1.99. The molecule has 0 unspecified atom stereocenters. The summed E-state index contributed by atoms with van der Waals surface area (Å²) in [5.74, 6) is 1.07. The van der Waals surface area contributed by atoms with Crippen LogP contribution in [0.25, 0.3) is 0 Å². The topological polar surface area (TPSA) is 68.5 Å². The molecule has 1 heterocycles. The number of benzene rings is 1. The second-order valence-corrected chi connectivity index (χ2v) is 5.12. The Morgan fingerprint density at radius 3 is 2.77 bits per heavy atom. The molecule has 2 rings (SSSR count). The smallest absolute Gasteiger partial charge is 0.223 e. The molecule has 0 spiro atoms. The van der Waals surface area contributed by atoms with Crippen LogP contribution in [0, 0.1) is 6.92 Å². The van der Waals surface area contributed by atoms with Gasteiger partial charge in [-0.2, -0.15) is 4.98 Å². The molecule has 0 atom stereocenters. The first-order chi connectivity index (χ1) is 10.6. The Morgan fingerprint density at radius 2 is 2.09 bits per heavy atom. The number of rotatable bonds is 8. The fraction of sp³-hybridized carbons (Fsp3) is 0.438. The number of nitrogens with zero attached hydrogens (tertiary/aromatic N) is 3. The van der Waals surface area contributed by atoms with Crippen molar-refractivity contribution in [3.8, 4) is 0 Å². The van der Waals surface area contributed by atoms with E-state index in [0.717, 1.165) is 5.56 Å². The third-order valence-electron chi connectivity index (χ3n) is 3.16. The molecule has 0 N–H and O–H groups in total. The van der Waals surface area contributed by atoms with Crippen LogP contribution in [0.4, 0.5) is 0 Å². The number of hydrogen-bond acceptors (Lipinski definition) is 5. The minimum atomic E-state index is 0.0470. The summed E-state index contributed by atoms with van der Waals surface area (Å²) in [5.41, 5.74) is 1.14. The Hall–Kier alpha value is -2.21. The van der Waals surface area contributed by atoms with Gasteiger partial charge in [0.1, 0.15) is 0 Å². The molecular formula is C16H21N3O3. The number of carbonyl (C=O) groups excluding carboxylic acids is 1. The Bertz CT molecular complexity index is 583. The van der Waals surface area contributed by atoms with Gasteiger partial charge in [0, 0.05) is 27.0 Å². The number of hydrogen-bond donors (Lipinski definition) is 0. The molecule has 0 saturated carbocycles. The van der Waals surface area contributed by atoms with Crippen molar-refractivity contribution in [1.29, 1.82) is 0 Å². The molecule has 1 aromatic carbocycles. The van der Waals surface area contributed by atoms with Crippen LogP contribution in [-0.4, -0.2) is 34.6 Å². The monoisotopic (exact) mass is 303 g/mol. The van der Waals surface area contributed by atoms with Crippen molar-refractivity contribution in [2.75, 3.05) is 13.7 Å². The Balaban J connectivity index is 1.61. The summed E-state index contributed by atoms with van der Waals surface area (Å²) in [6.07, 6.45) is 1.14. The van der Waals surface area contributed by atoms with Gasteiger partial charge in [-0.3, -0.25) is 4.79 Å². The van der Waals surface area contributed by atoms with Gasteiger partial charge < -0.3 is 14.2 Å². The predicted molar refractivity (Wildman–Crippen MR) is 80.8 cm³/mol. The van der Waals surface area contributed by atoms with E-state index < -0.39 is 0 Å². The lowest BCUT2D eigenvalue weighted by Crippen LogP contribution is -2.26. The molecule has 22 heavy (non-hydrogen) atoms. The second kappa shape index (κ2) is 8.29. The molecule has 6 nitrogen and oxygen atoms in total. The zero-order valence-electron chi connectivity index (χ0n) is 13.0. The fourth-order valence-corrected chi connectivity index (χ4v) is 1.99.